The van der Waals surface area contributed by atoms with Crippen molar-refractivity contribution in [2.45, 2.75) is 166 Å². The Morgan fingerprint density at radius 1 is 0.227 bits per heavy atom. The minimum Gasteiger partial charge on any atom is -0.489 e. The number of aromatic nitrogens is 8. The molecule has 2 aliphatic heterocycles. The molecule has 0 unspecified atom stereocenters. The SMILES string of the molecule is CC(C)(C)COc1cc2c(cc1OCC(C)(C)C)-c1nc-2nc2[nH]c(nc3nc(nc4[nH]c(n1)c1cc(OCC(C)(C)C)c(OCC(C)(C)C)cc41)-c1cc(OCC(C)(C)C)c(OCC(C)(C)C)cc1-3)c1cc(OCC(C)(C)C)c(OCC(C)(C)C)cc21. The van der Waals surface area contributed by atoms with Crippen LogP contribution in [0.2, 0.25) is 0 Å². The topological polar surface area (TPSA) is 183 Å². The summed E-state index contributed by atoms with van der Waals surface area (Å²) in [6.07, 6.45) is 0. The first-order chi connectivity index (χ1) is 40.5. The molecular weight excluding hydrogens is 1100 g/mol. The van der Waals surface area contributed by atoms with Crippen molar-refractivity contribution in [2.24, 2.45) is 43.3 Å². The standard InChI is InChI=1S/C72H98N8O8/c1-65(2,3)33-81-49-25-41-42(26-50(49)82-34-66(4,5)6)58-73-57(41)77-59-43-27-51(83-35-67(7,8)9)52(84-36-68(10,11)12)28-44(43)61(74-59)79-63-47-31-55(87-39-71(19,20)21)56(88-40-72(22,23)24)32-48(47)64(76-63)80-62-46-30-54(86-38-70(16,17)18)53(85-37-69(13,14)15)29-45(46)60(75-62)78-58/h25-32H,33-40H2,1-24H3,(H2,73,74,75,76,77,78,79,80). The molecule has 8 bridgehead atoms. The molecule has 0 radical (unpaired) electrons. The Labute approximate surface area is 522 Å². The van der Waals surface area contributed by atoms with Gasteiger partial charge in [0.25, 0.3) is 0 Å². The van der Waals surface area contributed by atoms with E-state index in [1.165, 1.54) is 0 Å². The molecule has 0 saturated heterocycles. The van der Waals surface area contributed by atoms with Gasteiger partial charge in [0.15, 0.2) is 69.3 Å². The van der Waals surface area contributed by atoms with E-state index in [4.69, 9.17) is 67.8 Å². The van der Waals surface area contributed by atoms with Gasteiger partial charge in [-0.1, -0.05) is 166 Å². The molecule has 88 heavy (non-hydrogen) atoms. The first kappa shape index (κ1) is 65.1. The van der Waals surface area contributed by atoms with Crippen LogP contribution in [0.1, 0.15) is 166 Å². The lowest BCUT2D eigenvalue weighted by Crippen LogP contribution is -2.19. The van der Waals surface area contributed by atoms with Crippen molar-refractivity contribution < 1.29 is 37.9 Å². The Morgan fingerprint density at radius 3 is 0.523 bits per heavy atom. The molecule has 474 valence electrons. The maximum absolute atomic E-state index is 6.72. The smallest absolute Gasteiger partial charge is 0.164 e. The highest BCUT2D eigenvalue weighted by atomic mass is 16.5. The molecule has 5 heterocycles. The second-order valence-corrected chi connectivity index (χ2v) is 33.8. The fourth-order valence-electron chi connectivity index (χ4n) is 9.07. The third-order valence-electron chi connectivity index (χ3n) is 13.4. The number of hydrogen-bond acceptors (Lipinski definition) is 14. The highest BCUT2D eigenvalue weighted by Crippen LogP contribution is 2.47. The molecule has 9 rings (SSSR count). The van der Waals surface area contributed by atoms with Gasteiger partial charge in [-0.25, -0.2) is 29.9 Å². The maximum atomic E-state index is 6.72. The molecule has 3 aromatic heterocycles. The van der Waals surface area contributed by atoms with Crippen LogP contribution < -0.4 is 37.9 Å². The molecular formula is C72H98N8O8. The van der Waals surface area contributed by atoms with Crippen LogP contribution >= 0.6 is 0 Å². The summed E-state index contributed by atoms with van der Waals surface area (Å²) in [5, 5.41) is 2.88. The van der Waals surface area contributed by atoms with E-state index in [-0.39, 0.29) is 43.3 Å². The van der Waals surface area contributed by atoms with Crippen LogP contribution in [-0.2, 0) is 0 Å². The van der Waals surface area contributed by atoms with E-state index >= 15 is 0 Å². The number of aromatic amines is 2. The average Bonchev–Trinajstić information content (AvgIpc) is 1.99. The summed E-state index contributed by atoms with van der Waals surface area (Å²) in [5.41, 5.74) is 3.34. The molecule has 0 aliphatic carbocycles. The van der Waals surface area contributed by atoms with Crippen molar-refractivity contribution in [3.63, 3.8) is 0 Å². The number of fused-ring (bicyclic) bond motifs is 20. The average molecular weight is 1200 g/mol. The number of H-pyrrole nitrogens is 2. The largest absolute Gasteiger partial charge is 0.489 e. The highest BCUT2D eigenvalue weighted by molar-refractivity contribution is 6.08. The van der Waals surface area contributed by atoms with Crippen molar-refractivity contribution in [2.75, 3.05) is 52.9 Å². The van der Waals surface area contributed by atoms with E-state index in [1.54, 1.807) is 0 Å². The van der Waals surface area contributed by atoms with Gasteiger partial charge in [0.1, 0.15) is 22.6 Å². The van der Waals surface area contributed by atoms with E-state index in [1.807, 2.05) is 48.5 Å². The van der Waals surface area contributed by atoms with Gasteiger partial charge in [0.2, 0.25) is 0 Å². The van der Waals surface area contributed by atoms with E-state index in [9.17, 15) is 0 Å². The first-order valence-corrected chi connectivity index (χ1v) is 31.1. The normalized spacial score (nSPS) is 13.4. The van der Waals surface area contributed by atoms with Crippen molar-refractivity contribution >= 4 is 44.1 Å². The Bertz CT molecular complexity index is 3420. The lowest BCUT2D eigenvalue weighted by Gasteiger charge is -2.23. The summed E-state index contributed by atoms with van der Waals surface area (Å²) in [5.74, 6) is 6.10. The van der Waals surface area contributed by atoms with Crippen LogP contribution in [-0.4, -0.2) is 92.7 Å². The highest BCUT2D eigenvalue weighted by Gasteiger charge is 2.31. The fraction of sp³-hybridized carbons (Fsp3) is 0.556. The Balaban J connectivity index is 1.46. The number of nitrogens with zero attached hydrogens (tertiary/aromatic N) is 6. The summed E-state index contributed by atoms with van der Waals surface area (Å²) in [7, 11) is 0. The number of rotatable bonds is 16. The van der Waals surface area contributed by atoms with Crippen LogP contribution in [0, 0.1) is 43.3 Å². The minimum atomic E-state index is -0.167. The molecule has 16 nitrogen and oxygen atoms in total. The van der Waals surface area contributed by atoms with E-state index < -0.39 is 0 Å². The predicted molar refractivity (Wildman–Crippen MR) is 356 cm³/mol. The molecule has 2 aliphatic rings. The summed E-state index contributed by atoms with van der Waals surface area (Å²) in [6, 6.07) is 15.9. The van der Waals surface area contributed by atoms with Crippen LogP contribution in [0.25, 0.3) is 89.7 Å². The van der Waals surface area contributed by atoms with Crippen molar-refractivity contribution in [3.8, 4) is 91.5 Å². The lowest BCUT2D eigenvalue weighted by atomic mass is 9.98. The summed E-state index contributed by atoms with van der Waals surface area (Å²) >= 11 is 0. The van der Waals surface area contributed by atoms with E-state index in [2.05, 4.69) is 176 Å². The van der Waals surface area contributed by atoms with Crippen molar-refractivity contribution in [1.82, 2.24) is 39.9 Å². The second kappa shape index (κ2) is 23.5. The fourth-order valence-corrected chi connectivity index (χ4v) is 9.07. The monoisotopic (exact) mass is 1200 g/mol. The lowest BCUT2D eigenvalue weighted by molar-refractivity contribution is 0.167. The van der Waals surface area contributed by atoms with E-state index in [0.717, 1.165) is 21.5 Å². The zero-order valence-corrected chi connectivity index (χ0v) is 57.2. The van der Waals surface area contributed by atoms with Gasteiger partial charge < -0.3 is 47.9 Å². The van der Waals surface area contributed by atoms with Crippen LogP contribution in [0.4, 0.5) is 0 Å². The molecule has 0 amide bonds. The van der Waals surface area contributed by atoms with Gasteiger partial charge in [0, 0.05) is 43.8 Å². The Hall–Kier alpha value is -7.36. The molecule has 0 spiro atoms. The van der Waals surface area contributed by atoms with Gasteiger partial charge in [0.05, 0.1) is 52.9 Å². The van der Waals surface area contributed by atoms with Gasteiger partial charge in [-0.2, -0.15) is 0 Å². The van der Waals surface area contributed by atoms with Crippen molar-refractivity contribution in [1.29, 1.82) is 0 Å². The zero-order chi connectivity index (χ0) is 64.5. The van der Waals surface area contributed by atoms with E-state index in [0.29, 0.717) is 167 Å². The minimum absolute atomic E-state index is 0.166. The third kappa shape index (κ3) is 16.7. The molecule has 4 aromatic carbocycles. The Morgan fingerprint density at radius 2 is 0.375 bits per heavy atom. The summed E-state index contributed by atoms with van der Waals surface area (Å²) in [6.45, 7) is 54.9. The van der Waals surface area contributed by atoms with Crippen LogP contribution in [0.3, 0.4) is 0 Å². The molecule has 0 fully saturated rings. The van der Waals surface area contributed by atoms with Gasteiger partial charge in [-0.15, -0.1) is 0 Å². The molecule has 16 heteroatoms. The summed E-state index contributed by atoms with van der Waals surface area (Å²) < 4.78 is 53.7. The zero-order valence-electron chi connectivity index (χ0n) is 57.2. The predicted octanol–water partition coefficient (Wildman–Crippen LogP) is 18.3. The number of benzene rings is 4. The summed E-state index contributed by atoms with van der Waals surface area (Å²) in [4.78, 5) is 40.1. The van der Waals surface area contributed by atoms with Gasteiger partial charge in [-0.3, -0.25) is 0 Å². The third-order valence-corrected chi connectivity index (χ3v) is 13.4. The molecule has 0 atom stereocenters. The van der Waals surface area contributed by atoms with Gasteiger partial charge >= 0.3 is 0 Å². The number of hydrogen-bond donors (Lipinski definition) is 2. The maximum Gasteiger partial charge on any atom is 0.164 e. The van der Waals surface area contributed by atoms with Crippen LogP contribution in [0.5, 0.6) is 46.0 Å². The quantitative estimate of drug-likeness (QED) is 0.0932. The van der Waals surface area contributed by atoms with Gasteiger partial charge in [-0.05, 0) is 91.9 Å². The first-order valence-electron chi connectivity index (χ1n) is 31.1. The molecule has 0 saturated carbocycles. The number of nitrogens with one attached hydrogen (secondary N) is 2. The molecule has 7 aromatic rings. The van der Waals surface area contributed by atoms with Crippen molar-refractivity contribution in [3.05, 3.63) is 48.5 Å². The Kier molecular flexibility index (Phi) is 17.4. The molecule has 2 N–H and O–H groups in total. The second-order valence-electron chi connectivity index (χ2n) is 33.8. The van der Waals surface area contributed by atoms with Crippen LogP contribution in [0.15, 0.2) is 48.5 Å². The number of ether oxygens (including phenoxy) is 8.